The molecule has 8 heteroatoms. The lowest BCUT2D eigenvalue weighted by Crippen LogP contribution is -2.35. The first-order valence-corrected chi connectivity index (χ1v) is 9.23. The van der Waals surface area contributed by atoms with Crippen molar-refractivity contribution in [2.24, 2.45) is 11.8 Å². The maximum atomic E-state index is 11.8. The van der Waals surface area contributed by atoms with E-state index in [1.807, 2.05) is 0 Å². The molecule has 3 atom stereocenters. The second-order valence-electron chi connectivity index (χ2n) is 6.16. The molecule has 23 heavy (non-hydrogen) atoms. The van der Waals surface area contributed by atoms with E-state index in [1.54, 1.807) is 0 Å². The first-order chi connectivity index (χ1) is 10.8. The van der Waals surface area contributed by atoms with Crippen molar-refractivity contribution >= 4 is 21.4 Å². The lowest BCUT2D eigenvalue weighted by atomic mass is 9.78. The molecule has 2 rings (SSSR count). The molecular formula is C15H23N3O4S. The molecule has 1 aliphatic rings. The average Bonchev–Trinajstić information content (AvgIpc) is 2.51. The Morgan fingerprint density at radius 3 is 2.57 bits per heavy atom. The Morgan fingerprint density at radius 1 is 1.26 bits per heavy atom. The summed E-state index contributed by atoms with van der Waals surface area (Å²) in [6.45, 7) is 4.34. The fourth-order valence-electron chi connectivity index (χ4n) is 3.06. The van der Waals surface area contributed by atoms with Gasteiger partial charge < -0.3 is 5.32 Å². The van der Waals surface area contributed by atoms with Gasteiger partial charge in [-0.2, -0.15) is 0 Å². The standard InChI is InChI=1S/C15H23N3O4S/c1-10-5-4-6-13(11(10)2)17-14-8-7-12(23(21,22)16-3)9-15(14)18(19)20/h7-11,13,16-17H,4-6H2,1-3H3/t10-,11+,13+/m0/s1. The van der Waals surface area contributed by atoms with Gasteiger partial charge in [0.15, 0.2) is 0 Å². The van der Waals surface area contributed by atoms with Crippen LogP contribution in [0.1, 0.15) is 33.1 Å². The largest absolute Gasteiger partial charge is 0.376 e. The lowest BCUT2D eigenvalue weighted by Gasteiger charge is -2.35. The molecule has 0 unspecified atom stereocenters. The summed E-state index contributed by atoms with van der Waals surface area (Å²) in [7, 11) is -2.43. The van der Waals surface area contributed by atoms with Gasteiger partial charge in [0.2, 0.25) is 10.0 Å². The van der Waals surface area contributed by atoms with Crippen LogP contribution in [0.4, 0.5) is 11.4 Å². The number of nitro benzene ring substituents is 1. The molecule has 1 aromatic carbocycles. The van der Waals surface area contributed by atoms with Gasteiger partial charge >= 0.3 is 0 Å². The molecule has 2 N–H and O–H groups in total. The molecule has 0 heterocycles. The van der Waals surface area contributed by atoms with E-state index in [9.17, 15) is 18.5 Å². The summed E-state index contributed by atoms with van der Waals surface area (Å²) in [5.74, 6) is 0.966. The number of nitro groups is 1. The number of hydrogen-bond donors (Lipinski definition) is 2. The highest BCUT2D eigenvalue weighted by Gasteiger charge is 2.29. The SMILES string of the molecule is CNS(=O)(=O)c1ccc(N[C@@H]2CCC[C@H](C)[C@H]2C)c([N+](=O)[O-])c1. The summed E-state index contributed by atoms with van der Waals surface area (Å²) in [4.78, 5) is 10.7. The van der Waals surface area contributed by atoms with Gasteiger partial charge in [-0.15, -0.1) is 0 Å². The van der Waals surface area contributed by atoms with Crippen LogP contribution < -0.4 is 10.0 Å². The smallest absolute Gasteiger partial charge is 0.293 e. The number of benzene rings is 1. The Morgan fingerprint density at radius 2 is 1.96 bits per heavy atom. The van der Waals surface area contributed by atoms with Crippen molar-refractivity contribution in [2.75, 3.05) is 12.4 Å². The van der Waals surface area contributed by atoms with Gasteiger partial charge in [-0.1, -0.05) is 26.7 Å². The minimum Gasteiger partial charge on any atom is -0.376 e. The Hall–Kier alpha value is -1.67. The van der Waals surface area contributed by atoms with Gasteiger partial charge in [-0.05, 0) is 37.4 Å². The van der Waals surface area contributed by atoms with Gasteiger partial charge in [0.25, 0.3) is 5.69 Å². The molecule has 0 aliphatic heterocycles. The Bertz CT molecular complexity index is 690. The number of nitrogens with zero attached hydrogens (tertiary/aromatic N) is 1. The normalized spacial score (nSPS) is 25.1. The molecule has 1 aliphatic carbocycles. The molecule has 1 aromatic rings. The Balaban J connectivity index is 2.33. The summed E-state index contributed by atoms with van der Waals surface area (Å²) in [5, 5.41) is 14.6. The molecule has 7 nitrogen and oxygen atoms in total. The van der Waals surface area contributed by atoms with Crippen molar-refractivity contribution in [1.82, 2.24) is 4.72 Å². The van der Waals surface area contributed by atoms with E-state index in [0.717, 1.165) is 18.9 Å². The second-order valence-corrected chi connectivity index (χ2v) is 8.05. The van der Waals surface area contributed by atoms with Gasteiger partial charge in [-0.3, -0.25) is 10.1 Å². The highest BCUT2D eigenvalue weighted by atomic mass is 32.2. The zero-order chi connectivity index (χ0) is 17.2. The van der Waals surface area contributed by atoms with Crippen LogP contribution in [0.25, 0.3) is 0 Å². The third-order valence-corrected chi connectivity index (χ3v) is 6.20. The molecule has 0 amide bonds. The second kappa shape index (κ2) is 6.84. The van der Waals surface area contributed by atoms with Gasteiger partial charge in [0.05, 0.1) is 9.82 Å². The fourth-order valence-corrected chi connectivity index (χ4v) is 3.80. The number of sulfonamides is 1. The van der Waals surface area contributed by atoms with Gasteiger partial charge in [0, 0.05) is 12.1 Å². The summed E-state index contributed by atoms with van der Waals surface area (Å²) < 4.78 is 25.8. The van der Waals surface area contributed by atoms with E-state index < -0.39 is 14.9 Å². The van der Waals surface area contributed by atoms with E-state index in [1.165, 1.54) is 25.6 Å². The quantitative estimate of drug-likeness (QED) is 0.633. The summed E-state index contributed by atoms with van der Waals surface area (Å²) in [6.07, 6.45) is 3.21. The molecule has 0 spiro atoms. The van der Waals surface area contributed by atoms with Crippen LogP contribution >= 0.6 is 0 Å². The van der Waals surface area contributed by atoms with Crippen molar-refractivity contribution in [3.05, 3.63) is 28.3 Å². The predicted molar refractivity (Wildman–Crippen MR) is 88.9 cm³/mol. The predicted octanol–water partition coefficient (Wildman–Crippen LogP) is 2.74. The number of rotatable bonds is 5. The minimum atomic E-state index is -3.71. The van der Waals surface area contributed by atoms with Crippen LogP contribution in [0.5, 0.6) is 0 Å². The molecule has 0 radical (unpaired) electrons. The van der Waals surface area contributed by atoms with Crippen LogP contribution in [0.15, 0.2) is 23.1 Å². The Labute approximate surface area is 136 Å². The van der Waals surface area contributed by atoms with E-state index in [4.69, 9.17) is 0 Å². The average molecular weight is 341 g/mol. The topological polar surface area (TPSA) is 101 Å². The first kappa shape index (κ1) is 17.7. The van der Waals surface area contributed by atoms with Gasteiger partial charge in [-0.25, -0.2) is 13.1 Å². The van der Waals surface area contributed by atoms with Crippen molar-refractivity contribution in [1.29, 1.82) is 0 Å². The zero-order valence-electron chi connectivity index (χ0n) is 13.6. The van der Waals surface area contributed by atoms with Crippen LogP contribution in [0.3, 0.4) is 0 Å². The number of nitrogens with one attached hydrogen (secondary N) is 2. The van der Waals surface area contributed by atoms with E-state index in [-0.39, 0.29) is 16.6 Å². The third-order valence-electron chi connectivity index (χ3n) is 4.79. The molecule has 128 valence electrons. The first-order valence-electron chi connectivity index (χ1n) is 7.74. The van der Waals surface area contributed by atoms with Crippen molar-refractivity contribution in [3.8, 4) is 0 Å². The van der Waals surface area contributed by atoms with E-state index in [2.05, 4.69) is 23.9 Å². The number of anilines is 1. The fraction of sp³-hybridized carbons (Fsp3) is 0.600. The summed E-state index contributed by atoms with van der Waals surface area (Å²) >= 11 is 0. The lowest BCUT2D eigenvalue weighted by molar-refractivity contribution is -0.384. The van der Waals surface area contributed by atoms with E-state index in [0.29, 0.717) is 17.5 Å². The van der Waals surface area contributed by atoms with Gasteiger partial charge in [0.1, 0.15) is 5.69 Å². The monoisotopic (exact) mass is 341 g/mol. The third kappa shape index (κ3) is 3.81. The highest BCUT2D eigenvalue weighted by molar-refractivity contribution is 7.89. The summed E-state index contributed by atoms with van der Waals surface area (Å²) in [5.41, 5.74) is 0.155. The maximum Gasteiger partial charge on any atom is 0.293 e. The zero-order valence-corrected chi connectivity index (χ0v) is 14.4. The number of hydrogen-bond acceptors (Lipinski definition) is 5. The Kier molecular flexibility index (Phi) is 5.26. The van der Waals surface area contributed by atoms with Crippen LogP contribution in [-0.4, -0.2) is 26.4 Å². The van der Waals surface area contributed by atoms with E-state index >= 15 is 0 Å². The molecular weight excluding hydrogens is 318 g/mol. The molecule has 0 bridgehead atoms. The maximum absolute atomic E-state index is 11.8. The van der Waals surface area contributed by atoms with Crippen molar-refractivity contribution in [3.63, 3.8) is 0 Å². The summed E-state index contributed by atoms with van der Waals surface area (Å²) in [6, 6.07) is 4.13. The van der Waals surface area contributed by atoms with Crippen LogP contribution in [-0.2, 0) is 10.0 Å². The van der Waals surface area contributed by atoms with Crippen molar-refractivity contribution < 1.29 is 13.3 Å². The minimum absolute atomic E-state index is 0.109. The molecule has 1 fully saturated rings. The molecule has 0 aromatic heterocycles. The van der Waals surface area contributed by atoms with Crippen molar-refractivity contribution in [2.45, 2.75) is 44.0 Å². The van der Waals surface area contributed by atoms with Crippen LogP contribution in [0.2, 0.25) is 0 Å². The molecule has 0 saturated heterocycles. The highest BCUT2D eigenvalue weighted by Crippen LogP contribution is 2.34. The van der Waals surface area contributed by atoms with Crippen LogP contribution in [0, 0.1) is 22.0 Å². The molecule has 1 saturated carbocycles.